The van der Waals surface area contributed by atoms with Crippen LogP contribution in [0.25, 0.3) is 0 Å². The van der Waals surface area contributed by atoms with Gasteiger partial charge in [0.2, 0.25) is 0 Å². The summed E-state index contributed by atoms with van der Waals surface area (Å²) < 4.78 is 20.1. The summed E-state index contributed by atoms with van der Waals surface area (Å²) in [6.07, 6.45) is 5.05. The molecule has 0 unspecified atom stereocenters. The van der Waals surface area contributed by atoms with Crippen LogP contribution in [0.4, 0.5) is 0 Å². The van der Waals surface area contributed by atoms with Gasteiger partial charge in [0.05, 0.1) is 13.9 Å². The summed E-state index contributed by atoms with van der Waals surface area (Å²) in [5.74, 6) is 1.60. The molecule has 0 saturated carbocycles. The first-order valence-electron chi connectivity index (χ1n) is 8.38. The molecule has 4 heteroatoms. The number of carbonyl (C=O) groups is 1. The van der Waals surface area contributed by atoms with Crippen molar-refractivity contribution < 1.29 is 15.6 Å². The average Bonchev–Trinajstić information content (AvgIpc) is 2.89. The number of hydrogen-bond acceptors (Lipinski definition) is 4. The van der Waals surface area contributed by atoms with Crippen LogP contribution in [0.15, 0.2) is 24.3 Å². The number of piperidine rings is 1. The van der Waals surface area contributed by atoms with Crippen LogP contribution in [-0.2, 0) is 16.6 Å². The third-order valence-electron chi connectivity index (χ3n) is 6.11. The van der Waals surface area contributed by atoms with Gasteiger partial charge in [-0.15, -0.1) is 0 Å². The number of methoxy groups -OCH3 is 1. The molecule has 1 saturated heterocycles. The third-order valence-corrected chi connectivity index (χ3v) is 6.11. The van der Waals surface area contributed by atoms with Gasteiger partial charge in [-0.2, -0.15) is 0 Å². The zero-order chi connectivity index (χ0) is 15.9. The van der Waals surface area contributed by atoms with Gasteiger partial charge in [-0.3, -0.25) is 4.79 Å². The maximum Gasteiger partial charge on any atom is 0.196 e. The van der Waals surface area contributed by atoms with Crippen molar-refractivity contribution >= 4 is 5.78 Å². The normalized spacial score (nSPS) is 38.4. The molecule has 114 valence electrons. The second kappa shape index (κ2) is 3.93. The highest BCUT2D eigenvalue weighted by molar-refractivity contribution is 5.98. The smallest absolute Gasteiger partial charge is 0.196 e. The first-order valence-corrected chi connectivity index (χ1v) is 7.88. The van der Waals surface area contributed by atoms with Crippen molar-refractivity contribution in [2.24, 2.45) is 5.92 Å². The predicted molar refractivity (Wildman–Crippen MR) is 81.5 cm³/mol. The number of carbonyl (C=O) groups excluding carboxylic acids is 1. The van der Waals surface area contributed by atoms with Gasteiger partial charge in [-0.25, -0.2) is 0 Å². The number of likely N-dealkylation sites (N-methyl/N-ethyl adjacent to an activating group) is 1. The highest BCUT2D eigenvalue weighted by Crippen LogP contribution is 2.61. The van der Waals surface area contributed by atoms with E-state index in [1.807, 2.05) is 0 Å². The summed E-state index contributed by atoms with van der Waals surface area (Å²) in [4.78, 5) is 14.9. The Labute approximate surface area is 131 Å². The SMILES string of the molecule is [2H]c1cc(OC)c2c3c1C[C@@H]1[C@@H]4C=CC(=O)[C@H](O2)[C@]34CCN1C. The van der Waals surface area contributed by atoms with E-state index in [1.54, 1.807) is 19.3 Å². The van der Waals surface area contributed by atoms with Crippen LogP contribution in [0.5, 0.6) is 11.5 Å². The van der Waals surface area contributed by atoms with E-state index in [1.165, 1.54) is 0 Å². The minimum atomic E-state index is -0.460. The number of rotatable bonds is 1. The fraction of sp³-hybridized carbons (Fsp3) is 0.500. The summed E-state index contributed by atoms with van der Waals surface area (Å²) in [5.41, 5.74) is 1.81. The standard InChI is InChI=1S/C18H19NO3/c1-19-8-7-18-11-4-5-13(20)17(18)22-16-14(21-2)6-3-10(15(16)18)9-12(11)19/h3-6,11-12,17H,7-9H2,1-2H3/t11-,12+,17-,18-/m0/s1/i3D. The molecule has 2 heterocycles. The minimum Gasteiger partial charge on any atom is -0.493 e. The van der Waals surface area contributed by atoms with Crippen molar-refractivity contribution in [3.05, 3.63) is 35.4 Å². The number of ketones is 1. The van der Waals surface area contributed by atoms with Crippen molar-refractivity contribution in [2.45, 2.75) is 30.4 Å². The van der Waals surface area contributed by atoms with E-state index in [4.69, 9.17) is 10.8 Å². The fourth-order valence-electron chi connectivity index (χ4n) is 5.13. The van der Waals surface area contributed by atoms with Gasteiger partial charge in [0.1, 0.15) is 0 Å². The Kier molecular flexibility index (Phi) is 2.09. The highest BCUT2D eigenvalue weighted by atomic mass is 16.5. The third kappa shape index (κ3) is 1.23. The molecular weight excluding hydrogens is 278 g/mol. The lowest BCUT2D eigenvalue weighted by Gasteiger charge is -2.55. The first kappa shape index (κ1) is 11.7. The van der Waals surface area contributed by atoms with E-state index in [-0.39, 0.29) is 17.1 Å². The number of hydrogen-bond donors (Lipinski definition) is 0. The number of likely N-dealkylation sites (tertiary alicyclic amines) is 1. The monoisotopic (exact) mass is 298 g/mol. The van der Waals surface area contributed by atoms with Gasteiger partial charge < -0.3 is 14.4 Å². The van der Waals surface area contributed by atoms with Crippen LogP contribution in [0, 0.1) is 5.92 Å². The van der Waals surface area contributed by atoms with Gasteiger partial charge >= 0.3 is 0 Å². The molecular formula is C18H19NO3. The van der Waals surface area contributed by atoms with E-state index < -0.39 is 6.10 Å². The lowest BCUT2D eigenvalue weighted by Crippen LogP contribution is -2.64. The molecule has 2 aliphatic heterocycles. The molecule has 0 amide bonds. The van der Waals surface area contributed by atoms with E-state index in [0.29, 0.717) is 23.6 Å². The minimum absolute atomic E-state index is 0.0437. The Morgan fingerprint density at radius 3 is 3.23 bits per heavy atom. The molecule has 2 bridgehead atoms. The van der Waals surface area contributed by atoms with Crippen molar-refractivity contribution in [3.8, 4) is 11.5 Å². The molecule has 0 aromatic heterocycles. The number of benzene rings is 1. The Bertz CT molecular complexity index is 774. The number of nitrogens with zero attached hydrogens (tertiary/aromatic N) is 1. The van der Waals surface area contributed by atoms with Crippen LogP contribution in [-0.4, -0.2) is 43.5 Å². The van der Waals surface area contributed by atoms with Crippen LogP contribution >= 0.6 is 0 Å². The Hall–Kier alpha value is -1.81. The van der Waals surface area contributed by atoms with Crippen molar-refractivity contribution in [1.82, 2.24) is 4.90 Å². The largest absolute Gasteiger partial charge is 0.493 e. The van der Waals surface area contributed by atoms with E-state index in [2.05, 4.69) is 18.0 Å². The van der Waals surface area contributed by atoms with Gasteiger partial charge in [0.15, 0.2) is 23.4 Å². The van der Waals surface area contributed by atoms with Crippen LogP contribution < -0.4 is 9.47 Å². The molecule has 0 N–H and O–H groups in total. The molecule has 1 spiro atoms. The van der Waals surface area contributed by atoms with Gasteiger partial charge in [-0.1, -0.05) is 12.1 Å². The Balaban J connectivity index is 1.87. The lowest BCUT2D eigenvalue weighted by atomic mass is 9.53. The topological polar surface area (TPSA) is 38.8 Å². The fourth-order valence-corrected chi connectivity index (χ4v) is 5.13. The summed E-state index contributed by atoms with van der Waals surface area (Å²) in [7, 11) is 3.74. The van der Waals surface area contributed by atoms with E-state index >= 15 is 0 Å². The van der Waals surface area contributed by atoms with Crippen molar-refractivity contribution in [1.29, 1.82) is 0 Å². The highest BCUT2D eigenvalue weighted by Gasteiger charge is 2.64. The van der Waals surface area contributed by atoms with Crippen LogP contribution in [0.3, 0.4) is 0 Å². The van der Waals surface area contributed by atoms with Crippen molar-refractivity contribution in [3.63, 3.8) is 0 Å². The Morgan fingerprint density at radius 2 is 2.41 bits per heavy atom. The van der Waals surface area contributed by atoms with Crippen LogP contribution in [0.2, 0.25) is 0 Å². The second-order valence-electron chi connectivity index (χ2n) is 6.87. The van der Waals surface area contributed by atoms with Gasteiger partial charge in [0, 0.05) is 17.5 Å². The number of ether oxygens (including phenoxy) is 2. The van der Waals surface area contributed by atoms with E-state index in [9.17, 15) is 4.79 Å². The summed E-state index contributed by atoms with van der Waals surface area (Å²) >= 11 is 0. The lowest BCUT2D eigenvalue weighted by molar-refractivity contribution is -0.127. The van der Waals surface area contributed by atoms with Gasteiger partial charge in [-0.05, 0) is 44.1 Å². The summed E-state index contributed by atoms with van der Waals surface area (Å²) in [6.45, 7) is 0.950. The zero-order valence-corrected chi connectivity index (χ0v) is 12.8. The molecule has 4 nitrogen and oxygen atoms in total. The van der Waals surface area contributed by atoms with E-state index in [0.717, 1.165) is 30.5 Å². The molecule has 2 aliphatic carbocycles. The molecule has 5 rings (SSSR count). The maximum atomic E-state index is 12.6. The quantitative estimate of drug-likeness (QED) is 0.791. The summed E-state index contributed by atoms with van der Waals surface area (Å²) in [5, 5.41) is 0. The molecule has 22 heavy (non-hydrogen) atoms. The molecule has 1 aromatic carbocycles. The molecule has 1 fully saturated rings. The molecule has 4 aliphatic rings. The molecule has 1 aromatic rings. The van der Waals surface area contributed by atoms with Crippen molar-refractivity contribution in [2.75, 3.05) is 20.7 Å². The average molecular weight is 298 g/mol. The first-order chi connectivity index (χ1) is 11.1. The predicted octanol–water partition coefficient (Wildman–Crippen LogP) is 1.71. The Morgan fingerprint density at radius 1 is 1.55 bits per heavy atom. The summed E-state index contributed by atoms with van der Waals surface area (Å²) in [6, 6.07) is 2.57. The maximum absolute atomic E-state index is 12.6. The second-order valence-corrected chi connectivity index (χ2v) is 6.87. The molecule has 0 radical (unpaired) electrons. The zero-order valence-electron chi connectivity index (χ0n) is 13.8. The van der Waals surface area contributed by atoms with Crippen LogP contribution in [0.1, 0.15) is 18.9 Å². The van der Waals surface area contributed by atoms with Gasteiger partial charge in [0.25, 0.3) is 0 Å². The molecule has 4 atom stereocenters.